The summed E-state index contributed by atoms with van der Waals surface area (Å²) in [7, 11) is 0. The Morgan fingerprint density at radius 1 is 1.38 bits per heavy atom. The van der Waals surface area contributed by atoms with Crippen molar-refractivity contribution >= 4 is 11.8 Å². The van der Waals surface area contributed by atoms with Crippen LogP contribution in [0.4, 0.5) is 0 Å². The van der Waals surface area contributed by atoms with Crippen molar-refractivity contribution in [2.75, 3.05) is 13.2 Å². The predicted octanol–water partition coefficient (Wildman–Crippen LogP) is 0.170. The van der Waals surface area contributed by atoms with Crippen molar-refractivity contribution in [3.05, 3.63) is 0 Å². The van der Waals surface area contributed by atoms with Gasteiger partial charge in [-0.2, -0.15) is 0 Å². The number of ether oxygens (including phenoxy) is 1. The van der Waals surface area contributed by atoms with Crippen LogP contribution in [0.2, 0.25) is 0 Å². The van der Waals surface area contributed by atoms with E-state index in [0.717, 1.165) is 0 Å². The lowest BCUT2D eigenvalue weighted by Gasteiger charge is -2.27. The summed E-state index contributed by atoms with van der Waals surface area (Å²) in [6, 6.07) is 0. The van der Waals surface area contributed by atoms with E-state index in [9.17, 15) is 9.59 Å². The van der Waals surface area contributed by atoms with Crippen LogP contribution in [0.3, 0.4) is 0 Å². The van der Waals surface area contributed by atoms with Crippen LogP contribution in [-0.4, -0.2) is 36.0 Å². The van der Waals surface area contributed by atoms with Gasteiger partial charge in [-0.15, -0.1) is 0 Å². The maximum atomic E-state index is 11.4. The quantitative estimate of drug-likeness (QED) is 0.453. The van der Waals surface area contributed by atoms with Crippen molar-refractivity contribution in [3.8, 4) is 0 Å². The molecule has 0 aromatic rings. The Kier molecular flexibility index (Phi) is 2.07. The summed E-state index contributed by atoms with van der Waals surface area (Å²) in [5.74, 6) is 0.120. The second-order valence-corrected chi connectivity index (χ2v) is 3.87. The van der Waals surface area contributed by atoms with Crippen LogP contribution in [0.5, 0.6) is 0 Å². The smallest absolute Gasteiger partial charge is 0.229 e. The van der Waals surface area contributed by atoms with Crippen molar-refractivity contribution in [2.45, 2.75) is 25.9 Å². The first-order valence-corrected chi connectivity index (χ1v) is 4.61. The number of carbonyl (C=O) groups is 2. The third-order valence-electron chi connectivity index (χ3n) is 2.44. The average Bonchev–Trinajstić information content (AvgIpc) is 2.79. The molecule has 2 aliphatic rings. The highest BCUT2D eigenvalue weighted by molar-refractivity contribution is 5.97. The van der Waals surface area contributed by atoms with Crippen molar-refractivity contribution in [1.29, 1.82) is 0 Å². The Hall–Kier alpha value is -0.900. The van der Waals surface area contributed by atoms with Gasteiger partial charge in [0.05, 0.1) is 19.3 Å². The van der Waals surface area contributed by atoms with Gasteiger partial charge in [0, 0.05) is 12.8 Å². The lowest BCUT2D eigenvalue weighted by Crippen LogP contribution is -2.44. The van der Waals surface area contributed by atoms with Gasteiger partial charge in [-0.05, 0) is 5.92 Å². The molecule has 2 heterocycles. The number of hydrogen-bond donors (Lipinski definition) is 0. The van der Waals surface area contributed by atoms with Crippen molar-refractivity contribution < 1.29 is 14.3 Å². The maximum Gasteiger partial charge on any atom is 0.229 e. The van der Waals surface area contributed by atoms with Gasteiger partial charge in [-0.25, -0.2) is 0 Å². The van der Waals surface area contributed by atoms with Gasteiger partial charge in [0.15, 0.2) is 0 Å². The molecule has 2 rings (SSSR count). The minimum atomic E-state index is -0.0424. The Bertz CT molecular complexity index is 229. The molecule has 0 bridgehead atoms. The van der Waals surface area contributed by atoms with E-state index in [-0.39, 0.29) is 23.8 Å². The standard InChI is InChI=1S/C9H13NO3/c1-6-2-8(11)10(9(12)3-6)4-7-5-13-7/h6-7H,2-5H2,1H3/t7-/m1/s1. The summed E-state index contributed by atoms with van der Waals surface area (Å²) < 4.78 is 4.99. The molecule has 0 saturated carbocycles. The Morgan fingerprint density at radius 2 is 1.92 bits per heavy atom. The molecule has 0 aliphatic carbocycles. The molecule has 0 unspecified atom stereocenters. The van der Waals surface area contributed by atoms with Gasteiger partial charge in [0.2, 0.25) is 11.8 Å². The number of likely N-dealkylation sites (tertiary alicyclic amines) is 1. The van der Waals surface area contributed by atoms with Crippen molar-refractivity contribution in [2.24, 2.45) is 5.92 Å². The number of imide groups is 1. The molecule has 2 aliphatic heterocycles. The lowest BCUT2D eigenvalue weighted by molar-refractivity contribution is -0.150. The zero-order valence-corrected chi connectivity index (χ0v) is 7.66. The van der Waals surface area contributed by atoms with E-state index in [2.05, 4.69) is 0 Å². The van der Waals surface area contributed by atoms with E-state index in [1.165, 1.54) is 4.90 Å². The van der Waals surface area contributed by atoms with Crippen LogP contribution in [0.25, 0.3) is 0 Å². The lowest BCUT2D eigenvalue weighted by atomic mass is 9.98. The maximum absolute atomic E-state index is 11.4. The first-order chi connectivity index (χ1) is 6.16. The summed E-state index contributed by atoms with van der Waals surface area (Å²) in [6.45, 7) is 3.08. The molecule has 0 radical (unpaired) electrons. The summed E-state index contributed by atoms with van der Waals surface area (Å²) in [5.41, 5.74) is 0. The zero-order chi connectivity index (χ0) is 9.42. The molecular weight excluding hydrogens is 170 g/mol. The number of hydrogen-bond acceptors (Lipinski definition) is 3. The monoisotopic (exact) mass is 183 g/mol. The molecule has 13 heavy (non-hydrogen) atoms. The van der Waals surface area contributed by atoms with Crippen LogP contribution in [0, 0.1) is 5.92 Å². The third-order valence-corrected chi connectivity index (χ3v) is 2.44. The van der Waals surface area contributed by atoms with Gasteiger partial charge in [0.1, 0.15) is 0 Å². The van der Waals surface area contributed by atoms with Crippen LogP contribution in [-0.2, 0) is 14.3 Å². The van der Waals surface area contributed by atoms with E-state index in [1.807, 2.05) is 6.92 Å². The molecule has 0 spiro atoms. The van der Waals surface area contributed by atoms with Gasteiger partial charge in [-0.3, -0.25) is 14.5 Å². The van der Waals surface area contributed by atoms with E-state index in [0.29, 0.717) is 26.0 Å². The van der Waals surface area contributed by atoms with E-state index in [1.54, 1.807) is 0 Å². The topological polar surface area (TPSA) is 49.9 Å². The fourth-order valence-electron chi connectivity index (χ4n) is 1.61. The summed E-state index contributed by atoms with van der Waals surface area (Å²) in [5, 5.41) is 0. The van der Waals surface area contributed by atoms with E-state index in [4.69, 9.17) is 4.74 Å². The second kappa shape index (κ2) is 3.10. The van der Waals surface area contributed by atoms with Crippen LogP contribution >= 0.6 is 0 Å². The minimum Gasteiger partial charge on any atom is -0.371 e. The normalized spacial score (nSPS) is 29.6. The van der Waals surface area contributed by atoms with Crippen LogP contribution < -0.4 is 0 Å². The number of piperidine rings is 1. The van der Waals surface area contributed by atoms with Crippen molar-refractivity contribution in [1.82, 2.24) is 4.90 Å². The van der Waals surface area contributed by atoms with E-state index >= 15 is 0 Å². The molecule has 72 valence electrons. The Labute approximate surface area is 76.8 Å². The highest BCUT2D eigenvalue weighted by Gasteiger charge is 2.35. The molecule has 2 amide bonds. The molecule has 2 fully saturated rings. The highest BCUT2D eigenvalue weighted by atomic mass is 16.6. The Balaban J connectivity index is 1.98. The van der Waals surface area contributed by atoms with Gasteiger partial charge in [-0.1, -0.05) is 6.92 Å². The number of rotatable bonds is 2. The number of amides is 2. The molecule has 0 N–H and O–H groups in total. The SMILES string of the molecule is CC1CC(=O)N(C[C@@H]2CO2)C(=O)C1. The first kappa shape index (κ1) is 8.69. The third kappa shape index (κ3) is 1.88. The molecule has 2 saturated heterocycles. The predicted molar refractivity (Wildman–Crippen MR) is 44.9 cm³/mol. The van der Waals surface area contributed by atoms with Crippen LogP contribution in [0.1, 0.15) is 19.8 Å². The number of nitrogens with zero attached hydrogens (tertiary/aromatic N) is 1. The Morgan fingerprint density at radius 3 is 2.38 bits per heavy atom. The fraction of sp³-hybridized carbons (Fsp3) is 0.778. The number of epoxide rings is 1. The van der Waals surface area contributed by atoms with Crippen molar-refractivity contribution in [3.63, 3.8) is 0 Å². The molecule has 1 atom stereocenters. The minimum absolute atomic E-state index is 0.0424. The fourth-order valence-corrected chi connectivity index (χ4v) is 1.61. The summed E-state index contributed by atoms with van der Waals surface area (Å²) >= 11 is 0. The average molecular weight is 183 g/mol. The molecule has 0 aromatic heterocycles. The van der Waals surface area contributed by atoms with Gasteiger partial charge in [0.25, 0.3) is 0 Å². The first-order valence-electron chi connectivity index (χ1n) is 4.61. The largest absolute Gasteiger partial charge is 0.371 e. The summed E-state index contributed by atoms with van der Waals surface area (Å²) in [6.07, 6.45) is 1.11. The molecular formula is C9H13NO3. The van der Waals surface area contributed by atoms with Crippen LogP contribution in [0.15, 0.2) is 0 Å². The van der Waals surface area contributed by atoms with Gasteiger partial charge < -0.3 is 4.74 Å². The zero-order valence-electron chi connectivity index (χ0n) is 7.66. The molecule has 0 aromatic carbocycles. The number of carbonyl (C=O) groups excluding carboxylic acids is 2. The van der Waals surface area contributed by atoms with E-state index < -0.39 is 0 Å². The highest BCUT2D eigenvalue weighted by Crippen LogP contribution is 2.21. The van der Waals surface area contributed by atoms with Gasteiger partial charge >= 0.3 is 0 Å². The molecule has 4 nitrogen and oxygen atoms in total. The molecule has 4 heteroatoms. The summed E-state index contributed by atoms with van der Waals surface area (Å²) in [4.78, 5) is 24.2. The second-order valence-electron chi connectivity index (χ2n) is 3.87.